The Morgan fingerprint density at radius 1 is 1.26 bits per heavy atom. The number of allylic oxidation sites excluding steroid dienone is 2. The van der Waals surface area contributed by atoms with Gasteiger partial charge in [0.05, 0.1) is 13.2 Å². The molecule has 8 heteroatoms. The summed E-state index contributed by atoms with van der Waals surface area (Å²) in [4.78, 5) is 25.3. The van der Waals surface area contributed by atoms with E-state index in [4.69, 9.17) is 10.5 Å². The molecule has 1 unspecified atom stereocenters. The largest absolute Gasteiger partial charge is 0.463 e. The molecule has 0 spiro atoms. The molecule has 0 bridgehead atoms. The van der Waals surface area contributed by atoms with Gasteiger partial charge in [-0.15, -0.1) is 0 Å². The Labute approximate surface area is 185 Å². The van der Waals surface area contributed by atoms with E-state index in [1.54, 1.807) is 0 Å². The highest BCUT2D eigenvalue weighted by atomic mass is 16.5. The Kier molecular flexibility index (Phi) is 8.70. The molecular formula is C23H36N6O2. The highest BCUT2D eigenvalue weighted by Crippen LogP contribution is 2.33. The molecule has 2 aliphatic heterocycles. The summed E-state index contributed by atoms with van der Waals surface area (Å²) in [5.74, 6) is 1.30. The Hall–Kier alpha value is -2.61. The lowest BCUT2D eigenvalue weighted by molar-refractivity contribution is -0.115. The summed E-state index contributed by atoms with van der Waals surface area (Å²) in [5.41, 5.74) is 6.52. The zero-order chi connectivity index (χ0) is 22.1. The summed E-state index contributed by atoms with van der Waals surface area (Å²) in [6.07, 6.45) is 14.0. The molecule has 3 N–H and O–H groups in total. The minimum atomic E-state index is -0.109. The first-order valence-corrected chi connectivity index (χ1v) is 11.5. The molecule has 1 amide bonds. The summed E-state index contributed by atoms with van der Waals surface area (Å²) in [7, 11) is 0. The van der Waals surface area contributed by atoms with Crippen LogP contribution in [0.3, 0.4) is 0 Å². The second-order valence-corrected chi connectivity index (χ2v) is 8.35. The van der Waals surface area contributed by atoms with Crippen LogP contribution in [0, 0.1) is 5.92 Å². The minimum absolute atomic E-state index is 0.109. The van der Waals surface area contributed by atoms with Crippen LogP contribution < -0.4 is 20.7 Å². The van der Waals surface area contributed by atoms with Crippen molar-refractivity contribution in [3.05, 3.63) is 24.3 Å². The number of likely N-dealkylation sites (tertiary alicyclic amines) is 1. The van der Waals surface area contributed by atoms with Crippen molar-refractivity contribution in [3.8, 4) is 6.01 Å². The number of nitrogen functional groups attached to an aromatic ring is 1. The third-order valence-electron chi connectivity index (χ3n) is 5.52. The fraction of sp³-hybridized carbons (Fsp3) is 0.609. The number of anilines is 3. The van der Waals surface area contributed by atoms with Crippen molar-refractivity contribution in [2.24, 2.45) is 5.92 Å². The normalized spacial score (nSPS) is 18.0. The molecule has 3 rings (SSSR count). The van der Waals surface area contributed by atoms with Gasteiger partial charge >= 0.3 is 6.01 Å². The number of hydrogen-bond acceptors (Lipinski definition) is 7. The fourth-order valence-corrected chi connectivity index (χ4v) is 3.87. The van der Waals surface area contributed by atoms with E-state index < -0.39 is 0 Å². The number of aromatic nitrogens is 2. The first kappa shape index (κ1) is 23.1. The topological polar surface area (TPSA) is 96.6 Å². The molecule has 1 atom stereocenters. The smallest absolute Gasteiger partial charge is 0.320 e. The first-order chi connectivity index (χ1) is 15.1. The quantitative estimate of drug-likeness (QED) is 0.412. The highest BCUT2D eigenvalue weighted by Gasteiger charge is 2.26. The first-order valence-electron chi connectivity index (χ1n) is 11.5. The fourth-order valence-electron chi connectivity index (χ4n) is 3.87. The predicted octanol–water partition coefficient (Wildman–Crippen LogP) is 3.23. The third kappa shape index (κ3) is 6.95. The van der Waals surface area contributed by atoms with E-state index in [2.05, 4.69) is 58.3 Å². The summed E-state index contributed by atoms with van der Waals surface area (Å²) in [5, 5.41) is 2.79. The zero-order valence-corrected chi connectivity index (χ0v) is 18.8. The molecular weight excluding hydrogens is 392 g/mol. The van der Waals surface area contributed by atoms with Crippen LogP contribution in [0.1, 0.15) is 46.0 Å². The van der Waals surface area contributed by atoms with Crippen LogP contribution in [0.5, 0.6) is 6.01 Å². The summed E-state index contributed by atoms with van der Waals surface area (Å²) < 4.78 is 5.63. The minimum Gasteiger partial charge on any atom is -0.463 e. The number of nitrogens with zero attached hydrogens (tertiary/aromatic N) is 4. The molecule has 0 aromatic carbocycles. The van der Waals surface area contributed by atoms with E-state index in [1.165, 1.54) is 25.9 Å². The lowest BCUT2D eigenvalue weighted by Crippen LogP contribution is -2.40. The zero-order valence-electron chi connectivity index (χ0n) is 18.8. The lowest BCUT2D eigenvalue weighted by Gasteiger charge is -2.29. The molecule has 0 aliphatic carbocycles. The SMILES string of the molecule is CCCCOc1nc(N)c2c(n1)N(CCC=CC=CC(C)CN1CCCC1)CC(=O)N2. The number of hydrogen-bond donors (Lipinski definition) is 2. The molecule has 3 heterocycles. The van der Waals surface area contributed by atoms with E-state index in [0.717, 1.165) is 25.8 Å². The van der Waals surface area contributed by atoms with E-state index in [-0.39, 0.29) is 24.3 Å². The number of fused-ring (bicyclic) bond motifs is 1. The van der Waals surface area contributed by atoms with E-state index in [0.29, 0.717) is 30.6 Å². The Balaban J connectivity index is 1.53. The van der Waals surface area contributed by atoms with Crippen LogP contribution in [0.25, 0.3) is 0 Å². The van der Waals surface area contributed by atoms with Crippen molar-refractivity contribution >= 4 is 23.2 Å². The van der Waals surface area contributed by atoms with Crippen LogP contribution in [-0.4, -0.2) is 60.1 Å². The number of nitrogens with two attached hydrogens (primary N) is 1. The van der Waals surface area contributed by atoms with Crippen molar-refractivity contribution in [3.63, 3.8) is 0 Å². The molecule has 2 aliphatic rings. The summed E-state index contributed by atoms with van der Waals surface area (Å²) >= 11 is 0. The van der Waals surface area contributed by atoms with Crippen LogP contribution >= 0.6 is 0 Å². The Morgan fingerprint density at radius 2 is 2.06 bits per heavy atom. The van der Waals surface area contributed by atoms with Gasteiger partial charge in [-0.05, 0) is 44.7 Å². The molecule has 0 saturated carbocycles. The maximum atomic E-state index is 12.1. The van der Waals surface area contributed by atoms with Gasteiger partial charge < -0.3 is 25.6 Å². The monoisotopic (exact) mass is 428 g/mol. The van der Waals surface area contributed by atoms with Gasteiger partial charge in [0.25, 0.3) is 0 Å². The molecule has 170 valence electrons. The van der Waals surface area contributed by atoms with Crippen molar-refractivity contribution in [2.45, 2.75) is 46.0 Å². The maximum Gasteiger partial charge on any atom is 0.320 e. The van der Waals surface area contributed by atoms with Gasteiger partial charge in [-0.2, -0.15) is 9.97 Å². The number of carbonyl (C=O) groups excluding carboxylic acids is 1. The predicted molar refractivity (Wildman–Crippen MR) is 125 cm³/mol. The summed E-state index contributed by atoms with van der Waals surface area (Å²) in [6, 6.07) is 0.260. The van der Waals surface area contributed by atoms with E-state index >= 15 is 0 Å². The van der Waals surface area contributed by atoms with Gasteiger partial charge in [0.15, 0.2) is 11.6 Å². The second kappa shape index (κ2) is 11.7. The molecule has 1 fully saturated rings. The summed E-state index contributed by atoms with van der Waals surface area (Å²) in [6.45, 7) is 9.42. The average Bonchev–Trinajstić information content (AvgIpc) is 3.24. The van der Waals surface area contributed by atoms with Crippen LogP contribution in [0.15, 0.2) is 24.3 Å². The number of unbranched alkanes of at least 4 members (excludes halogenated alkanes) is 1. The van der Waals surface area contributed by atoms with Gasteiger partial charge in [-0.1, -0.05) is 44.6 Å². The van der Waals surface area contributed by atoms with Crippen LogP contribution in [0.4, 0.5) is 17.3 Å². The van der Waals surface area contributed by atoms with Gasteiger partial charge in [-0.3, -0.25) is 4.79 Å². The standard InChI is InChI=1S/C23H36N6O2/c1-3-4-15-31-23-26-21(24)20-22(27-23)29(17-19(30)25-20)14-8-6-5-7-11-18(2)16-28-12-9-10-13-28/h5-7,11,18H,3-4,8-10,12-17H2,1-2H3,(H,25,30)(H2,24,26,27). The Morgan fingerprint density at radius 3 is 2.84 bits per heavy atom. The number of ether oxygens (including phenoxy) is 1. The van der Waals surface area contributed by atoms with Crippen LogP contribution in [0.2, 0.25) is 0 Å². The van der Waals surface area contributed by atoms with Gasteiger partial charge in [-0.25, -0.2) is 0 Å². The second-order valence-electron chi connectivity index (χ2n) is 8.35. The van der Waals surface area contributed by atoms with Crippen LogP contribution in [-0.2, 0) is 4.79 Å². The van der Waals surface area contributed by atoms with Crippen molar-refractivity contribution in [1.29, 1.82) is 0 Å². The molecule has 31 heavy (non-hydrogen) atoms. The molecule has 0 radical (unpaired) electrons. The van der Waals surface area contributed by atoms with Crippen molar-refractivity contribution in [2.75, 3.05) is 55.3 Å². The van der Waals surface area contributed by atoms with E-state index in [9.17, 15) is 4.79 Å². The lowest BCUT2D eigenvalue weighted by atomic mass is 10.1. The molecule has 8 nitrogen and oxygen atoms in total. The number of carbonyl (C=O) groups is 1. The number of amides is 1. The van der Waals surface area contributed by atoms with Gasteiger partial charge in [0.2, 0.25) is 5.91 Å². The maximum absolute atomic E-state index is 12.1. The molecule has 1 aromatic rings. The Bertz CT molecular complexity index is 789. The molecule has 1 aromatic heterocycles. The third-order valence-corrected chi connectivity index (χ3v) is 5.52. The number of nitrogens with one attached hydrogen (secondary N) is 1. The molecule has 1 saturated heterocycles. The highest BCUT2D eigenvalue weighted by molar-refractivity contribution is 6.03. The van der Waals surface area contributed by atoms with Crippen molar-refractivity contribution < 1.29 is 9.53 Å². The van der Waals surface area contributed by atoms with E-state index in [1.807, 2.05) is 4.90 Å². The van der Waals surface area contributed by atoms with Gasteiger partial charge in [0, 0.05) is 13.1 Å². The van der Waals surface area contributed by atoms with Crippen molar-refractivity contribution in [1.82, 2.24) is 14.9 Å². The average molecular weight is 429 g/mol. The van der Waals surface area contributed by atoms with Gasteiger partial charge in [0.1, 0.15) is 5.69 Å². The number of rotatable bonds is 11.